The molecule has 1 saturated heterocycles. The van der Waals surface area contributed by atoms with Gasteiger partial charge in [0.2, 0.25) is 5.91 Å². The van der Waals surface area contributed by atoms with Crippen LogP contribution in [0.25, 0.3) is 0 Å². The van der Waals surface area contributed by atoms with Crippen LogP contribution >= 0.6 is 0 Å². The second-order valence-corrected chi connectivity index (χ2v) is 7.62. The molecule has 25 heavy (non-hydrogen) atoms. The number of carbonyl (C=O) groups excluding carboxylic acids is 1. The van der Waals surface area contributed by atoms with Crippen molar-refractivity contribution >= 4 is 11.7 Å². The predicted molar refractivity (Wildman–Crippen MR) is 96.1 cm³/mol. The van der Waals surface area contributed by atoms with Gasteiger partial charge in [0.1, 0.15) is 5.54 Å². The Kier molecular flexibility index (Phi) is 4.97. The molecule has 0 spiro atoms. The first-order valence-electron chi connectivity index (χ1n) is 9.13. The maximum Gasteiger partial charge on any atom is 0.240 e. The largest absolute Gasteiger partial charge is 0.378 e. The number of nitrogens with two attached hydrogens (primary N) is 1. The van der Waals surface area contributed by atoms with E-state index in [1.165, 1.54) is 0 Å². The van der Waals surface area contributed by atoms with Gasteiger partial charge in [0, 0.05) is 43.8 Å². The quantitative estimate of drug-likeness (QED) is 0.800. The SMILES string of the molecule is CCOC1CC(N)(C(=O)NCC2CCCN2c2cccnn2)C1(C)C. The molecule has 1 aromatic rings. The predicted octanol–water partition coefficient (Wildman–Crippen LogP) is 1.09. The number of nitrogens with zero attached hydrogens (tertiary/aromatic N) is 3. The molecule has 7 heteroatoms. The number of nitrogens with one attached hydrogen (secondary N) is 1. The van der Waals surface area contributed by atoms with Crippen molar-refractivity contribution in [1.82, 2.24) is 15.5 Å². The van der Waals surface area contributed by atoms with E-state index < -0.39 is 5.54 Å². The Labute approximate surface area is 149 Å². The zero-order valence-corrected chi connectivity index (χ0v) is 15.4. The number of rotatable bonds is 6. The Morgan fingerprint density at radius 3 is 2.96 bits per heavy atom. The van der Waals surface area contributed by atoms with Gasteiger partial charge in [-0.05, 0) is 31.9 Å². The van der Waals surface area contributed by atoms with E-state index in [4.69, 9.17) is 10.5 Å². The van der Waals surface area contributed by atoms with E-state index in [1.807, 2.05) is 32.9 Å². The highest BCUT2D eigenvalue weighted by atomic mass is 16.5. The minimum Gasteiger partial charge on any atom is -0.378 e. The van der Waals surface area contributed by atoms with Crippen LogP contribution in [0, 0.1) is 5.41 Å². The number of anilines is 1. The van der Waals surface area contributed by atoms with Crippen LogP contribution in [0.5, 0.6) is 0 Å². The summed E-state index contributed by atoms with van der Waals surface area (Å²) < 4.78 is 5.71. The molecular weight excluding hydrogens is 318 g/mol. The second kappa shape index (κ2) is 6.88. The van der Waals surface area contributed by atoms with Gasteiger partial charge in [-0.3, -0.25) is 4.79 Å². The van der Waals surface area contributed by atoms with Crippen molar-refractivity contribution < 1.29 is 9.53 Å². The van der Waals surface area contributed by atoms with Gasteiger partial charge in [-0.1, -0.05) is 13.8 Å². The lowest BCUT2D eigenvalue weighted by Crippen LogP contribution is -2.76. The monoisotopic (exact) mass is 347 g/mol. The first kappa shape index (κ1) is 18.1. The lowest BCUT2D eigenvalue weighted by Gasteiger charge is -2.57. The summed E-state index contributed by atoms with van der Waals surface area (Å²) in [6.07, 6.45) is 4.39. The van der Waals surface area contributed by atoms with Gasteiger partial charge in [-0.15, -0.1) is 5.10 Å². The van der Waals surface area contributed by atoms with Gasteiger partial charge < -0.3 is 20.7 Å². The molecular formula is C18H29N5O2. The number of hydrogen-bond donors (Lipinski definition) is 2. The average Bonchev–Trinajstić information content (AvgIpc) is 3.08. The number of ether oxygens (including phenoxy) is 1. The van der Waals surface area contributed by atoms with Crippen molar-refractivity contribution in [3.05, 3.63) is 18.3 Å². The van der Waals surface area contributed by atoms with Gasteiger partial charge in [-0.2, -0.15) is 5.10 Å². The molecule has 1 aliphatic heterocycles. The van der Waals surface area contributed by atoms with Crippen molar-refractivity contribution in [1.29, 1.82) is 0 Å². The Hall–Kier alpha value is -1.73. The molecule has 138 valence electrons. The number of carbonyl (C=O) groups is 1. The lowest BCUT2D eigenvalue weighted by molar-refractivity contribution is -0.170. The van der Waals surface area contributed by atoms with Crippen molar-refractivity contribution in [2.75, 3.05) is 24.6 Å². The molecule has 3 atom stereocenters. The van der Waals surface area contributed by atoms with Gasteiger partial charge in [-0.25, -0.2) is 0 Å². The van der Waals surface area contributed by atoms with Crippen LogP contribution in [-0.4, -0.2) is 53.5 Å². The minimum atomic E-state index is -0.872. The fraction of sp³-hybridized carbons (Fsp3) is 0.722. The van der Waals surface area contributed by atoms with Crippen molar-refractivity contribution in [2.24, 2.45) is 11.1 Å². The molecule has 1 aliphatic carbocycles. The summed E-state index contributed by atoms with van der Waals surface area (Å²) in [4.78, 5) is 15.0. The topological polar surface area (TPSA) is 93.4 Å². The lowest BCUT2D eigenvalue weighted by atomic mass is 9.54. The van der Waals surface area contributed by atoms with Crippen LogP contribution in [0.15, 0.2) is 18.3 Å². The second-order valence-electron chi connectivity index (χ2n) is 7.62. The molecule has 1 aromatic heterocycles. The summed E-state index contributed by atoms with van der Waals surface area (Å²) >= 11 is 0. The fourth-order valence-corrected chi connectivity index (χ4v) is 3.98. The summed E-state index contributed by atoms with van der Waals surface area (Å²) in [5.41, 5.74) is 5.21. The number of amides is 1. The van der Waals surface area contributed by atoms with E-state index in [0.29, 0.717) is 19.6 Å². The average molecular weight is 347 g/mol. The smallest absolute Gasteiger partial charge is 0.240 e. The minimum absolute atomic E-state index is 0.0378. The zero-order chi connectivity index (χ0) is 18.1. The highest BCUT2D eigenvalue weighted by molar-refractivity contribution is 5.88. The number of hydrogen-bond acceptors (Lipinski definition) is 6. The van der Waals surface area contributed by atoms with E-state index in [-0.39, 0.29) is 23.5 Å². The van der Waals surface area contributed by atoms with E-state index in [0.717, 1.165) is 25.2 Å². The van der Waals surface area contributed by atoms with Crippen molar-refractivity contribution in [2.45, 2.75) is 57.7 Å². The molecule has 7 nitrogen and oxygen atoms in total. The molecule has 0 bridgehead atoms. The summed E-state index contributed by atoms with van der Waals surface area (Å²) in [6.45, 7) is 8.14. The Morgan fingerprint density at radius 1 is 1.52 bits per heavy atom. The molecule has 2 aliphatic rings. The third kappa shape index (κ3) is 3.11. The van der Waals surface area contributed by atoms with Gasteiger partial charge in [0.15, 0.2) is 5.82 Å². The van der Waals surface area contributed by atoms with Crippen molar-refractivity contribution in [3.8, 4) is 0 Å². The molecule has 3 unspecified atom stereocenters. The van der Waals surface area contributed by atoms with Crippen LogP contribution in [-0.2, 0) is 9.53 Å². The van der Waals surface area contributed by atoms with E-state index >= 15 is 0 Å². The Bertz CT molecular complexity index is 609. The van der Waals surface area contributed by atoms with Gasteiger partial charge >= 0.3 is 0 Å². The molecule has 3 N–H and O–H groups in total. The van der Waals surface area contributed by atoms with E-state index in [9.17, 15) is 4.79 Å². The third-order valence-corrected chi connectivity index (χ3v) is 5.96. The first-order chi connectivity index (χ1) is 11.9. The molecule has 2 fully saturated rings. The normalized spacial score (nSPS) is 30.8. The van der Waals surface area contributed by atoms with Crippen LogP contribution in [0.4, 0.5) is 5.82 Å². The number of aromatic nitrogens is 2. The van der Waals surface area contributed by atoms with Gasteiger partial charge in [0.25, 0.3) is 0 Å². The molecule has 3 rings (SSSR count). The highest BCUT2D eigenvalue weighted by Crippen LogP contribution is 2.49. The van der Waals surface area contributed by atoms with Crippen LogP contribution in [0.2, 0.25) is 0 Å². The van der Waals surface area contributed by atoms with E-state index in [1.54, 1.807) is 6.20 Å². The zero-order valence-electron chi connectivity index (χ0n) is 15.4. The Morgan fingerprint density at radius 2 is 2.32 bits per heavy atom. The van der Waals surface area contributed by atoms with E-state index in [2.05, 4.69) is 20.4 Å². The molecule has 1 amide bonds. The van der Waals surface area contributed by atoms with Crippen LogP contribution < -0.4 is 16.0 Å². The van der Waals surface area contributed by atoms with Gasteiger partial charge in [0.05, 0.1) is 6.10 Å². The van der Waals surface area contributed by atoms with Crippen molar-refractivity contribution in [3.63, 3.8) is 0 Å². The first-order valence-corrected chi connectivity index (χ1v) is 9.13. The Balaban J connectivity index is 1.59. The maximum absolute atomic E-state index is 12.8. The van der Waals surface area contributed by atoms with Crippen LogP contribution in [0.1, 0.15) is 40.0 Å². The van der Waals surface area contributed by atoms with Crippen LogP contribution in [0.3, 0.4) is 0 Å². The summed E-state index contributed by atoms with van der Waals surface area (Å²) in [6, 6.07) is 4.07. The summed E-state index contributed by atoms with van der Waals surface area (Å²) in [5.74, 6) is 0.779. The summed E-state index contributed by atoms with van der Waals surface area (Å²) in [5, 5.41) is 11.2. The third-order valence-electron chi connectivity index (χ3n) is 5.96. The molecule has 1 saturated carbocycles. The maximum atomic E-state index is 12.8. The highest BCUT2D eigenvalue weighted by Gasteiger charge is 2.62. The molecule has 0 radical (unpaired) electrons. The molecule has 0 aromatic carbocycles. The summed E-state index contributed by atoms with van der Waals surface area (Å²) in [7, 11) is 0. The standard InChI is InChI=1S/C18H29N5O2/c1-4-25-14-11-18(19,17(14,2)3)16(24)20-12-13-7-6-10-23(13)15-8-5-9-21-22-15/h5,8-9,13-14H,4,6-7,10-12,19H2,1-3H3,(H,20,24). The molecule has 2 heterocycles. The fourth-order valence-electron chi connectivity index (χ4n) is 3.98.